The summed E-state index contributed by atoms with van der Waals surface area (Å²) in [5.41, 5.74) is -1.10. The number of nitrogens with zero attached hydrogens (tertiary/aromatic N) is 2. The van der Waals surface area contributed by atoms with E-state index >= 15 is 0 Å². The first-order valence-electron chi connectivity index (χ1n) is 7.34. The van der Waals surface area contributed by atoms with Crippen LogP contribution in [0.4, 0.5) is 4.79 Å². The molecule has 0 spiro atoms. The van der Waals surface area contributed by atoms with Crippen molar-refractivity contribution in [1.29, 1.82) is 0 Å². The van der Waals surface area contributed by atoms with E-state index in [1.54, 1.807) is 18.7 Å². The van der Waals surface area contributed by atoms with Gasteiger partial charge in [-0.15, -0.1) is 0 Å². The number of piperidine rings is 1. The molecule has 0 aromatic rings. The van der Waals surface area contributed by atoms with Crippen LogP contribution in [0.5, 0.6) is 0 Å². The quantitative estimate of drug-likeness (QED) is 0.796. The summed E-state index contributed by atoms with van der Waals surface area (Å²) < 4.78 is 0. The number of likely N-dealkylation sites (tertiary alicyclic amines) is 2. The van der Waals surface area contributed by atoms with Crippen LogP contribution in [0.15, 0.2) is 0 Å². The van der Waals surface area contributed by atoms with Crippen molar-refractivity contribution in [1.82, 2.24) is 9.80 Å². The SMILES string of the molecule is CC(O)C1CCN(C(=O)N2CCCCC2(C)C(=O)O)C1. The minimum absolute atomic E-state index is 0.0971. The Bertz CT molecular complexity index is 399. The molecule has 0 radical (unpaired) electrons. The van der Waals surface area contributed by atoms with E-state index < -0.39 is 17.6 Å². The van der Waals surface area contributed by atoms with Gasteiger partial charge in [0.05, 0.1) is 6.10 Å². The van der Waals surface area contributed by atoms with Gasteiger partial charge in [-0.05, 0) is 39.5 Å². The molecule has 2 saturated heterocycles. The predicted octanol–water partition coefficient (Wildman–Crippen LogP) is 1.14. The third kappa shape index (κ3) is 2.61. The van der Waals surface area contributed by atoms with E-state index in [4.69, 9.17) is 0 Å². The van der Waals surface area contributed by atoms with Crippen LogP contribution in [0, 0.1) is 5.92 Å². The van der Waals surface area contributed by atoms with Gasteiger partial charge in [0.2, 0.25) is 0 Å². The van der Waals surface area contributed by atoms with Crippen LogP contribution in [0.3, 0.4) is 0 Å². The van der Waals surface area contributed by atoms with Crippen LogP contribution in [0.2, 0.25) is 0 Å². The lowest BCUT2D eigenvalue weighted by Crippen LogP contribution is -2.60. The molecule has 6 heteroatoms. The molecule has 2 amide bonds. The summed E-state index contributed by atoms with van der Waals surface area (Å²) in [6.45, 7) is 4.98. The third-order valence-electron chi connectivity index (χ3n) is 4.76. The summed E-state index contributed by atoms with van der Waals surface area (Å²) in [5, 5.41) is 19.1. The highest BCUT2D eigenvalue weighted by Crippen LogP contribution is 2.31. The second kappa shape index (κ2) is 5.60. The fourth-order valence-electron chi connectivity index (χ4n) is 3.18. The lowest BCUT2D eigenvalue weighted by molar-refractivity contribution is -0.150. The zero-order valence-corrected chi connectivity index (χ0v) is 12.2. The summed E-state index contributed by atoms with van der Waals surface area (Å²) in [5.74, 6) is -0.836. The van der Waals surface area contributed by atoms with Crippen LogP contribution >= 0.6 is 0 Å². The highest BCUT2D eigenvalue weighted by molar-refractivity contribution is 5.86. The lowest BCUT2D eigenvalue weighted by atomic mass is 9.89. The number of hydrogen-bond donors (Lipinski definition) is 2. The van der Waals surface area contributed by atoms with E-state index in [-0.39, 0.29) is 11.9 Å². The molecule has 6 nitrogen and oxygen atoms in total. The van der Waals surface area contributed by atoms with Gasteiger partial charge in [0.15, 0.2) is 0 Å². The minimum atomic E-state index is -1.10. The van der Waals surface area contributed by atoms with Gasteiger partial charge in [-0.1, -0.05) is 0 Å². The van der Waals surface area contributed by atoms with Gasteiger partial charge in [-0.2, -0.15) is 0 Å². The predicted molar refractivity (Wildman–Crippen MR) is 73.4 cm³/mol. The number of hydrogen-bond acceptors (Lipinski definition) is 3. The van der Waals surface area contributed by atoms with Crippen LogP contribution in [-0.4, -0.2) is 63.3 Å². The van der Waals surface area contributed by atoms with Crippen molar-refractivity contribution in [3.05, 3.63) is 0 Å². The van der Waals surface area contributed by atoms with Crippen molar-refractivity contribution < 1.29 is 19.8 Å². The maximum absolute atomic E-state index is 12.6. The van der Waals surface area contributed by atoms with Crippen molar-refractivity contribution in [2.24, 2.45) is 5.92 Å². The van der Waals surface area contributed by atoms with Gasteiger partial charge in [-0.3, -0.25) is 0 Å². The Labute approximate surface area is 119 Å². The van der Waals surface area contributed by atoms with Crippen LogP contribution in [-0.2, 0) is 4.79 Å². The summed E-state index contributed by atoms with van der Waals surface area (Å²) in [7, 11) is 0. The Morgan fingerprint density at radius 2 is 2.00 bits per heavy atom. The number of carbonyl (C=O) groups excluding carboxylic acids is 1. The topological polar surface area (TPSA) is 81.1 Å². The monoisotopic (exact) mass is 284 g/mol. The van der Waals surface area contributed by atoms with E-state index in [9.17, 15) is 19.8 Å². The first kappa shape index (κ1) is 15.1. The zero-order valence-electron chi connectivity index (χ0n) is 12.2. The molecular formula is C14H24N2O4. The van der Waals surface area contributed by atoms with E-state index in [0.29, 0.717) is 26.1 Å². The van der Waals surface area contributed by atoms with Crippen LogP contribution < -0.4 is 0 Å². The second-order valence-corrected chi connectivity index (χ2v) is 6.21. The van der Waals surface area contributed by atoms with Crippen LogP contribution in [0.25, 0.3) is 0 Å². The number of aliphatic hydroxyl groups excluding tert-OH is 1. The van der Waals surface area contributed by atoms with Crippen molar-refractivity contribution in [2.75, 3.05) is 19.6 Å². The molecule has 2 heterocycles. The van der Waals surface area contributed by atoms with E-state index in [0.717, 1.165) is 19.3 Å². The van der Waals surface area contributed by atoms with E-state index in [2.05, 4.69) is 0 Å². The van der Waals surface area contributed by atoms with Gasteiger partial charge >= 0.3 is 12.0 Å². The fraction of sp³-hybridized carbons (Fsp3) is 0.857. The highest BCUT2D eigenvalue weighted by Gasteiger charge is 2.46. The Morgan fingerprint density at radius 3 is 2.55 bits per heavy atom. The molecular weight excluding hydrogens is 260 g/mol. The van der Waals surface area contributed by atoms with Crippen molar-refractivity contribution in [2.45, 2.75) is 51.2 Å². The number of carboxylic acids is 1. The second-order valence-electron chi connectivity index (χ2n) is 6.21. The first-order chi connectivity index (χ1) is 9.36. The summed E-state index contributed by atoms with van der Waals surface area (Å²) in [4.78, 5) is 27.3. The average Bonchev–Trinajstić information content (AvgIpc) is 2.88. The van der Waals surface area contributed by atoms with Gasteiger partial charge in [0.1, 0.15) is 5.54 Å². The molecule has 3 unspecified atom stereocenters. The molecule has 20 heavy (non-hydrogen) atoms. The molecule has 3 atom stereocenters. The Hall–Kier alpha value is -1.30. The molecule has 2 aliphatic heterocycles. The van der Waals surface area contributed by atoms with Gasteiger partial charge in [0.25, 0.3) is 0 Å². The smallest absolute Gasteiger partial charge is 0.329 e. The van der Waals surface area contributed by atoms with Crippen molar-refractivity contribution in [3.63, 3.8) is 0 Å². The normalized spacial score (nSPS) is 32.2. The molecule has 2 rings (SSSR count). The number of carbonyl (C=O) groups is 2. The maximum Gasteiger partial charge on any atom is 0.329 e. The number of aliphatic carboxylic acids is 1. The average molecular weight is 284 g/mol. The molecule has 2 fully saturated rings. The fourth-order valence-corrected chi connectivity index (χ4v) is 3.18. The van der Waals surface area contributed by atoms with Crippen molar-refractivity contribution >= 4 is 12.0 Å². The Morgan fingerprint density at radius 1 is 1.30 bits per heavy atom. The molecule has 2 N–H and O–H groups in total. The minimum Gasteiger partial charge on any atom is -0.480 e. The van der Waals surface area contributed by atoms with Crippen LogP contribution in [0.1, 0.15) is 39.5 Å². The molecule has 0 aliphatic carbocycles. The Balaban J connectivity index is 2.09. The summed E-state index contributed by atoms with van der Waals surface area (Å²) in [6, 6.07) is -0.197. The molecule has 0 aromatic heterocycles. The summed E-state index contributed by atoms with van der Waals surface area (Å²) >= 11 is 0. The van der Waals surface area contributed by atoms with E-state index in [1.807, 2.05) is 0 Å². The molecule has 0 saturated carbocycles. The zero-order chi connectivity index (χ0) is 14.9. The van der Waals surface area contributed by atoms with Gasteiger partial charge < -0.3 is 20.0 Å². The van der Waals surface area contributed by atoms with Crippen molar-refractivity contribution in [3.8, 4) is 0 Å². The number of amides is 2. The first-order valence-corrected chi connectivity index (χ1v) is 7.34. The largest absolute Gasteiger partial charge is 0.480 e. The number of carboxylic acid groups (broad SMARTS) is 1. The molecule has 0 aromatic carbocycles. The number of urea groups is 1. The molecule has 0 bridgehead atoms. The van der Waals surface area contributed by atoms with Gasteiger partial charge in [0, 0.05) is 25.6 Å². The summed E-state index contributed by atoms with van der Waals surface area (Å²) in [6.07, 6.45) is 2.54. The van der Waals surface area contributed by atoms with Gasteiger partial charge in [-0.25, -0.2) is 9.59 Å². The Kier molecular flexibility index (Phi) is 4.22. The third-order valence-corrected chi connectivity index (χ3v) is 4.76. The molecule has 2 aliphatic rings. The standard InChI is InChI=1S/C14H24N2O4/c1-10(17)11-5-8-15(9-11)13(20)16-7-4-3-6-14(16,2)12(18)19/h10-11,17H,3-9H2,1-2H3,(H,18,19). The number of aliphatic hydroxyl groups is 1. The lowest BCUT2D eigenvalue weighted by Gasteiger charge is -2.43. The highest BCUT2D eigenvalue weighted by atomic mass is 16.4. The van der Waals surface area contributed by atoms with E-state index in [1.165, 1.54) is 4.90 Å². The number of rotatable bonds is 2. The molecule has 114 valence electrons. The maximum atomic E-state index is 12.6.